The van der Waals surface area contributed by atoms with Gasteiger partial charge >= 0.3 is 5.97 Å². The number of aromatic nitrogens is 2. The first-order valence-electron chi connectivity index (χ1n) is 11.8. The molecule has 2 aromatic rings. The maximum Gasteiger partial charge on any atom is 0.303 e. The standard InChI is InChI=1S/C25H31ClFN3O4/c26-20-16-28-25(29-17-20)30-11-9-18(10-12-30)4-3-13-34-22-8-7-19(23(27)15-22)14-21(31)5-1-2-6-24(32)33/h7-8,15-18H,1-6,9-14H2,(H,32,33). The van der Waals surface area contributed by atoms with Gasteiger partial charge in [0.25, 0.3) is 0 Å². The molecule has 1 fully saturated rings. The molecular formula is C25H31ClFN3O4. The molecule has 0 unspecified atom stereocenters. The van der Waals surface area contributed by atoms with E-state index in [1.807, 2.05) is 0 Å². The second-order valence-corrected chi connectivity index (χ2v) is 9.13. The molecule has 7 nitrogen and oxygen atoms in total. The Hall–Kier alpha value is -2.74. The molecule has 1 saturated heterocycles. The average molecular weight is 492 g/mol. The number of nitrogens with zero attached hydrogens (tertiary/aromatic N) is 3. The normalized spacial score (nSPS) is 14.2. The largest absolute Gasteiger partial charge is 0.493 e. The Kier molecular flexibility index (Phi) is 10.1. The zero-order valence-electron chi connectivity index (χ0n) is 19.2. The van der Waals surface area contributed by atoms with Crippen LogP contribution >= 0.6 is 11.6 Å². The van der Waals surface area contributed by atoms with Crippen molar-refractivity contribution >= 4 is 29.3 Å². The maximum atomic E-state index is 14.4. The van der Waals surface area contributed by atoms with Gasteiger partial charge in [-0.15, -0.1) is 0 Å². The van der Waals surface area contributed by atoms with E-state index in [0.29, 0.717) is 41.7 Å². The molecule has 0 aliphatic carbocycles. The molecule has 0 saturated carbocycles. The predicted octanol–water partition coefficient (Wildman–Crippen LogP) is 5.10. The number of rotatable bonds is 13. The van der Waals surface area contributed by atoms with E-state index in [1.165, 1.54) is 6.07 Å². The van der Waals surface area contributed by atoms with E-state index in [-0.39, 0.29) is 25.0 Å². The molecule has 9 heteroatoms. The van der Waals surface area contributed by atoms with Gasteiger partial charge in [0, 0.05) is 38.4 Å². The fourth-order valence-corrected chi connectivity index (χ4v) is 4.21. The number of Topliss-reactive ketones (excluding diaryl/α,β-unsaturated/α-hetero) is 1. The Balaban J connectivity index is 1.32. The second kappa shape index (κ2) is 13.2. The van der Waals surface area contributed by atoms with Crippen LogP contribution in [0.2, 0.25) is 5.02 Å². The van der Waals surface area contributed by atoms with Crippen LogP contribution in [0.15, 0.2) is 30.6 Å². The van der Waals surface area contributed by atoms with Gasteiger partial charge in [-0.2, -0.15) is 0 Å². The number of aliphatic carboxylic acids is 1. The first kappa shape index (κ1) is 25.9. The molecule has 0 spiro atoms. The summed E-state index contributed by atoms with van der Waals surface area (Å²) < 4.78 is 20.1. The highest BCUT2D eigenvalue weighted by atomic mass is 35.5. The van der Waals surface area contributed by atoms with E-state index in [4.69, 9.17) is 21.4 Å². The number of carbonyl (C=O) groups is 2. The Morgan fingerprint density at radius 3 is 2.50 bits per heavy atom. The number of carboxylic acid groups (broad SMARTS) is 1. The molecule has 2 heterocycles. The van der Waals surface area contributed by atoms with Crippen LogP contribution in [-0.2, 0) is 16.0 Å². The molecule has 184 valence electrons. The van der Waals surface area contributed by atoms with Gasteiger partial charge in [0.1, 0.15) is 17.3 Å². The van der Waals surface area contributed by atoms with Crippen LogP contribution in [0.25, 0.3) is 0 Å². The summed E-state index contributed by atoms with van der Waals surface area (Å²) in [6.45, 7) is 2.35. The SMILES string of the molecule is O=C(O)CCCCC(=O)Cc1ccc(OCCCC2CCN(c3ncc(Cl)cn3)CC2)cc1F. The van der Waals surface area contributed by atoms with Crippen LogP contribution in [0.4, 0.5) is 10.3 Å². The Labute approximate surface area is 204 Å². The lowest BCUT2D eigenvalue weighted by atomic mass is 9.92. The number of piperidine rings is 1. The monoisotopic (exact) mass is 491 g/mol. The van der Waals surface area contributed by atoms with E-state index in [0.717, 1.165) is 44.7 Å². The number of unbranched alkanes of at least 4 members (excludes halogenated alkanes) is 1. The minimum absolute atomic E-state index is 0.0128. The molecule has 1 aromatic carbocycles. The van der Waals surface area contributed by atoms with E-state index >= 15 is 0 Å². The van der Waals surface area contributed by atoms with E-state index in [2.05, 4.69) is 14.9 Å². The van der Waals surface area contributed by atoms with Crippen LogP contribution in [-0.4, -0.2) is 46.5 Å². The average Bonchev–Trinajstić information content (AvgIpc) is 2.82. The molecule has 1 aliphatic rings. The van der Waals surface area contributed by atoms with Crippen molar-refractivity contribution in [3.05, 3.63) is 47.0 Å². The number of carbonyl (C=O) groups excluding carboxylic acids is 1. The highest BCUT2D eigenvalue weighted by Gasteiger charge is 2.20. The van der Waals surface area contributed by atoms with Crippen LogP contribution in [0.5, 0.6) is 5.75 Å². The highest BCUT2D eigenvalue weighted by Crippen LogP contribution is 2.25. The molecule has 3 rings (SSSR count). The van der Waals surface area contributed by atoms with E-state index in [1.54, 1.807) is 24.5 Å². The molecular weight excluding hydrogens is 461 g/mol. The number of carboxylic acids is 1. The lowest BCUT2D eigenvalue weighted by molar-refractivity contribution is -0.137. The Morgan fingerprint density at radius 1 is 1.12 bits per heavy atom. The first-order chi connectivity index (χ1) is 16.4. The zero-order valence-corrected chi connectivity index (χ0v) is 20.0. The molecule has 1 aromatic heterocycles. The predicted molar refractivity (Wildman–Crippen MR) is 128 cm³/mol. The third-order valence-electron chi connectivity index (χ3n) is 6.04. The lowest BCUT2D eigenvalue weighted by Crippen LogP contribution is -2.34. The van der Waals surface area contributed by atoms with Crippen LogP contribution < -0.4 is 9.64 Å². The van der Waals surface area contributed by atoms with Gasteiger partial charge in [0.15, 0.2) is 0 Å². The maximum absolute atomic E-state index is 14.4. The van der Waals surface area contributed by atoms with Crippen molar-refractivity contribution in [1.82, 2.24) is 9.97 Å². The molecule has 34 heavy (non-hydrogen) atoms. The van der Waals surface area contributed by atoms with Crippen molar-refractivity contribution in [2.45, 2.75) is 57.8 Å². The third-order valence-corrected chi connectivity index (χ3v) is 6.23. The van der Waals surface area contributed by atoms with Crippen molar-refractivity contribution in [2.24, 2.45) is 5.92 Å². The van der Waals surface area contributed by atoms with Gasteiger partial charge in [-0.25, -0.2) is 14.4 Å². The number of halogens is 2. The number of anilines is 1. The minimum atomic E-state index is -0.872. The Morgan fingerprint density at radius 2 is 1.82 bits per heavy atom. The summed E-state index contributed by atoms with van der Waals surface area (Å²) >= 11 is 5.85. The van der Waals surface area contributed by atoms with Gasteiger partial charge in [-0.05, 0) is 56.1 Å². The molecule has 1 aliphatic heterocycles. The summed E-state index contributed by atoms with van der Waals surface area (Å²) in [6.07, 6.45) is 8.58. The number of hydrogen-bond acceptors (Lipinski definition) is 6. The summed E-state index contributed by atoms with van der Waals surface area (Å²) in [5, 5.41) is 9.15. The number of benzene rings is 1. The van der Waals surface area contributed by atoms with E-state index in [9.17, 15) is 14.0 Å². The molecule has 0 bridgehead atoms. The Bertz CT molecular complexity index is 950. The quantitative estimate of drug-likeness (QED) is 0.389. The van der Waals surface area contributed by atoms with Gasteiger partial charge in [-0.1, -0.05) is 17.7 Å². The van der Waals surface area contributed by atoms with Crippen molar-refractivity contribution < 1.29 is 23.8 Å². The smallest absolute Gasteiger partial charge is 0.303 e. The summed E-state index contributed by atoms with van der Waals surface area (Å²) in [5.41, 5.74) is 0.340. The van der Waals surface area contributed by atoms with Gasteiger partial charge in [0.05, 0.1) is 24.0 Å². The summed E-state index contributed by atoms with van der Waals surface area (Å²) in [7, 11) is 0. The first-order valence-corrected chi connectivity index (χ1v) is 12.2. The van der Waals surface area contributed by atoms with Gasteiger partial charge in [0.2, 0.25) is 5.95 Å². The number of ketones is 1. The summed E-state index contributed by atoms with van der Waals surface area (Å²) in [4.78, 5) is 33.2. The van der Waals surface area contributed by atoms with Crippen LogP contribution in [0.3, 0.4) is 0 Å². The second-order valence-electron chi connectivity index (χ2n) is 8.69. The molecule has 0 amide bonds. The van der Waals surface area contributed by atoms with Crippen molar-refractivity contribution in [3.63, 3.8) is 0 Å². The third kappa shape index (κ3) is 8.56. The molecule has 0 atom stereocenters. The lowest BCUT2D eigenvalue weighted by Gasteiger charge is -2.31. The molecule has 0 radical (unpaired) electrons. The topological polar surface area (TPSA) is 92.6 Å². The van der Waals surface area contributed by atoms with Crippen molar-refractivity contribution in [2.75, 3.05) is 24.6 Å². The summed E-state index contributed by atoms with van der Waals surface area (Å²) in [6, 6.07) is 4.62. The molecule has 1 N–H and O–H groups in total. The van der Waals surface area contributed by atoms with Crippen LogP contribution in [0, 0.1) is 11.7 Å². The van der Waals surface area contributed by atoms with E-state index < -0.39 is 11.8 Å². The van der Waals surface area contributed by atoms with Crippen molar-refractivity contribution in [1.29, 1.82) is 0 Å². The van der Waals surface area contributed by atoms with Gasteiger partial charge in [-0.3, -0.25) is 9.59 Å². The van der Waals surface area contributed by atoms with Crippen LogP contribution in [0.1, 0.15) is 56.9 Å². The number of hydrogen-bond donors (Lipinski definition) is 1. The fourth-order valence-electron chi connectivity index (χ4n) is 4.11. The summed E-state index contributed by atoms with van der Waals surface area (Å²) in [5.74, 6) is 0.387. The fraction of sp³-hybridized carbons (Fsp3) is 0.520. The number of ether oxygens (including phenoxy) is 1. The van der Waals surface area contributed by atoms with Crippen molar-refractivity contribution in [3.8, 4) is 5.75 Å². The van der Waals surface area contributed by atoms with Gasteiger partial charge < -0.3 is 14.7 Å². The highest BCUT2D eigenvalue weighted by molar-refractivity contribution is 6.30. The zero-order chi connectivity index (χ0) is 24.3. The minimum Gasteiger partial charge on any atom is -0.493 e.